The standard InChI is InChI=1S/C16H22N2O5/c1-10(17-9-19)11-7-12(14(22-6)13(8-11)21-5)18-15(20)23-16(2,3)4/h7-8,10H,1-6H3,(H,18,20). The first kappa shape index (κ1) is 18.5. The Morgan fingerprint density at radius 2 is 1.91 bits per heavy atom. The van der Waals surface area contributed by atoms with Crippen LogP contribution in [-0.4, -0.2) is 32.0 Å². The zero-order valence-electron chi connectivity index (χ0n) is 14.2. The molecule has 0 heterocycles. The normalized spacial score (nSPS) is 11.9. The molecule has 1 rings (SSSR count). The topological polar surface area (TPSA) is 86.2 Å². The van der Waals surface area contributed by atoms with Gasteiger partial charge in [0.2, 0.25) is 6.08 Å². The first-order valence-electron chi connectivity index (χ1n) is 7.04. The van der Waals surface area contributed by atoms with E-state index in [0.717, 1.165) is 0 Å². The minimum Gasteiger partial charge on any atom is -0.493 e. The fourth-order valence-corrected chi connectivity index (χ4v) is 1.89. The van der Waals surface area contributed by atoms with E-state index in [1.54, 1.807) is 39.8 Å². The Morgan fingerprint density at radius 3 is 2.39 bits per heavy atom. The molecule has 1 unspecified atom stereocenters. The highest BCUT2D eigenvalue weighted by molar-refractivity contribution is 5.88. The van der Waals surface area contributed by atoms with Crippen molar-refractivity contribution >= 4 is 17.9 Å². The van der Waals surface area contributed by atoms with Crippen LogP contribution in [0, 0.1) is 0 Å². The number of carbonyl (C=O) groups is 1. The lowest BCUT2D eigenvalue weighted by Crippen LogP contribution is -2.27. The van der Waals surface area contributed by atoms with E-state index in [4.69, 9.17) is 14.2 Å². The molecule has 7 nitrogen and oxygen atoms in total. The van der Waals surface area contributed by atoms with Gasteiger partial charge in [0.05, 0.1) is 25.9 Å². The summed E-state index contributed by atoms with van der Waals surface area (Å²) in [5, 5.41) is 2.62. The molecule has 1 amide bonds. The molecule has 126 valence electrons. The third-order valence-electron chi connectivity index (χ3n) is 2.87. The number of hydrogen-bond donors (Lipinski definition) is 1. The number of aliphatic imine (C=N–C) groups is 1. The molecule has 1 aromatic carbocycles. The van der Waals surface area contributed by atoms with E-state index in [2.05, 4.69) is 10.3 Å². The lowest BCUT2D eigenvalue weighted by molar-refractivity contribution is 0.0635. The molecule has 0 saturated carbocycles. The smallest absolute Gasteiger partial charge is 0.412 e. The lowest BCUT2D eigenvalue weighted by atomic mass is 10.1. The first-order chi connectivity index (χ1) is 10.7. The number of methoxy groups -OCH3 is 2. The van der Waals surface area contributed by atoms with E-state index in [9.17, 15) is 9.59 Å². The number of anilines is 1. The Balaban J connectivity index is 3.24. The van der Waals surface area contributed by atoms with Crippen molar-refractivity contribution in [3.05, 3.63) is 17.7 Å². The molecule has 1 N–H and O–H groups in total. The van der Waals surface area contributed by atoms with Crippen molar-refractivity contribution in [3.63, 3.8) is 0 Å². The Bertz CT molecular complexity index is 616. The summed E-state index contributed by atoms with van der Waals surface area (Å²) in [5.41, 5.74) is 0.398. The number of rotatable bonds is 5. The van der Waals surface area contributed by atoms with Gasteiger partial charge in [0.1, 0.15) is 5.60 Å². The highest BCUT2D eigenvalue weighted by atomic mass is 16.6. The molecule has 1 atom stereocenters. The summed E-state index contributed by atoms with van der Waals surface area (Å²) in [5.74, 6) is 0.758. The van der Waals surface area contributed by atoms with E-state index in [-0.39, 0.29) is 0 Å². The number of isocyanates is 1. The quantitative estimate of drug-likeness (QED) is 0.663. The zero-order valence-corrected chi connectivity index (χ0v) is 14.2. The highest BCUT2D eigenvalue weighted by Gasteiger charge is 2.20. The molecule has 23 heavy (non-hydrogen) atoms. The van der Waals surface area contributed by atoms with Crippen molar-refractivity contribution in [1.82, 2.24) is 0 Å². The van der Waals surface area contributed by atoms with Gasteiger partial charge in [-0.3, -0.25) is 5.32 Å². The Labute approximate surface area is 135 Å². The monoisotopic (exact) mass is 322 g/mol. The van der Waals surface area contributed by atoms with Crippen LogP contribution in [0.25, 0.3) is 0 Å². The van der Waals surface area contributed by atoms with Crippen LogP contribution in [0.5, 0.6) is 11.5 Å². The summed E-state index contributed by atoms with van der Waals surface area (Å²) in [6, 6.07) is 2.90. The number of nitrogens with zero attached hydrogens (tertiary/aromatic N) is 1. The number of hydrogen-bond acceptors (Lipinski definition) is 6. The van der Waals surface area contributed by atoms with Gasteiger partial charge in [-0.05, 0) is 45.4 Å². The van der Waals surface area contributed by atoms with Gasteiger partial charge in [0.15, 0.2) is 11.5 Å². The molecule has 7 heteroatoms. The maximum Gasteiger partial charge on any atom is 0.412 e. The van der Waals surface area contributed by atoms with Gasteiger partial charge in [0, 0.05) is 0 Å². The Kier molecular flexibility index (Phi) is 6.16. The number of amides is 1. The van der Waals surface area contributed by atoms with Crippen molar-refractivity contribution in [2.75, 3.05) is 19.5 Å². The van der Waals surface area contributed by atoms with Crippen LogP contribution >= 0.6 is 0 Å². The molecule has 0 radical (unpaired) electrons. The second-order valence-corrected chi connectivity index (χ2v) is 5.83. The van der Waals surface area contributed by atoms with Gasteiger partial charge in [-0.1, -0.05) is 0 Å². The summed E-state index contributed by atoms with van der Waals surface area (Å²) in [6.45, 7) is 7.02. The van der Waals surface area contributed by atoms with Gasteiger partial charge in [-0.15, -0.1) is 0 Å². The van der Waals surface area contributed by atoms with Crippen LogP contribution in [0.4, 0.5) is 10.5 Å². The minimum atomic E-state index is -0.631. The third-order valence-corrected chi connectivity index (χ3v) is 2.87. The molecule has 0 bridgehead atoms. The summed E-state index contributed by atoms with van der Waals surface area (Å²) < 4.78 is 15.8. The van der Waals surface area contributed by atoms with E-state index < -0.39 is 17.7 Å². The fraction of sp³-hybridized carbons (Fsp3) is 0.500. The predicted octanol–water partition coefficient (Wildman–Crippen LogP) is 3.45. The first-order valence-corrected chi connectivity index (χ1v) is 7.04. The van der Waals surface area contributed by atoms with Crippen LogP contribution < -0.4 is 14.8 Å². The van der Waals surface area contributed by atoms with Gasteiger partial charge in [-0.25, -0.2) is 9.59 Å². The Hall–Kier alpha value is -2.53. The van der Waals surface area contributed by atoms with Gasteiger partial charge in [0.25, 0.3) is 0 Å². The van der Waals surface area contributed by atoms with Crippen molar-refractivity contribution in [2.45, 2.75) is 39.3 Å². The van der Waals surface area contributed by atoms with E-state index >= 15 is 0 Å². The third kappa shape index (κ3) is 5.30. The van der Waals surface area contributed by atoms with Gasteiger partial charge in [-0.2, -0.15) is 4.99 Å². The number of ether oxygens (including phenoxy) is 3. The summed E-state index contributed by atoms with van der Waals surface area (Å²) in [6.07, 6.45) is 0.891. The van der Waals surface area contributed by atoms with Gasteiger partial charge >= 0.3 is 6.09 Å². The maximum absolute atomic E-state index is 12.0. The maximum atomic E-state index is 12.0. The average molecular weight is 322 g/mol. The van der Waals surface area contributed by atoms with Crippen LogP contribution in [0.2, 0.25) is 0 Å². The molecule has 0 aromatic heterocycles. The molecule has 0 aliphatic rings. The van der Waals surface area contributed by atoms with E-state index in [1.807, 2.05) is 0 Å². The molecule has 0 aliphatic heterocycles. The SMILES string of the molecule is COc1cc(C(C)N=C=O)cc(NC(=O)OC(C)(C)C)c1OC. The second-order valence-electron chi connectivity index (χ2n) is 5.83. The minimum absolute atomic E-state index is 0.351. The predicted molar refractivity (Wildman–Crippen MR) is 85.9 cm³/mol. The zero-order chi connectivity index (χ0) is 17.6. The molecular weight excluding hydrogens is 300 g/mol. The number of benzene rings is 1. The highest BCUT2D eigenvalue weighted by Crippen LogP contribution is 2.39. The number of carbonyl (C=O) groups excluding carboxylic acids is 2. The summed E-state index contributed by atoms with van der Waals surface area (Å²) in [7, 11) is 2.94. The number of nitrogens with one attached hydrogen (secondary N) is 1. The van der Waals surface area contributed by atoms with Crippen molar-refractivity contribution < 1.29 is 23.8 Å². The van der Waals surface area contributed by atoms with E-state index in [0.29, 0.717) is 22.7 Å². The van der Waals surface area contributed by atoms with Crippen molar-refractivity contribution in [1.29, 1.82) is 0 Å². The summed E-state index contributed by atoms with van der Waals surface area (Å²) >= 11 is 0. The van der Waals surface area contributed by atoms with Crippen molar-refractivity contribution in [3.8, 4) is 11.5 Å². The van der Waals surface area contributed by atoms with Crippen LogP contribution in [0.1, 0.15) is 39.3 Å². The van der Waals surface area contributed by atoms with Gasteiger partial charge < -0.3 is 14.2 Å². The van der Waals surface area contributed by atoms with Crippen LogP contribution in [0.3, 0.4) is 0 Å². The molecule has 0 aliphatic carbocycles. The second kappa shape index (κ2) is 7.65. The molecular formula is C16H22N2O5. The van der Waals surface area contributed by atoms with Crippen molar-refractivity contribution in [2.24, 2.45) is 4.99 Å². The molecule has 0 saturated heterocycles. The largest absolute Gasteiger partial charge is 0.493 e. The van der Waals surface area contributed by atoms with Crippen LogP contribution in [-0.2, 0) is 9.53 Å². The Morgan fingerprint density at radius 1 is 1.26 bits per heavy atom. The molecule has 0 spiro atoms. The molecule has 1 aromatic rings. The van der Waals surface area contributed by atoms with Crippen LogP contribution in [0.15, 0.2) is 17.1 Å². The van der Waals surface area contributed by atoms with E-state index in [1.165, 1.54) is 20.3 Å². The summed E-state index contributed by atoms with van der Waals surface area (Å²) in [4.78, 5) is 26.1. The molecule has 0 fully saturated rings. The lowest BCUT2D eigenvalue weighted by Gasteiger charge is -2.21. The average Bonchev–Trinajstić information content (AvgIpc) is 2.44. The fourth-order valence-electron chi connectivity index (χ4n) is 1.89.